The number of hydrogen-bond donors (Lipinski definition) is 2. The maximum Gasteiger partial charge on any atom is 0.180 e. The maximum absolute atomic E-state index is 9.90. The van der Waals surface area contributed by atoms with Crippen molar-refractivity contribution in [2.24, 2.45) is 15.9 Å². The molecular weight excluding hydrogens is 346 g/mol. The molecule has 0 atom stereocenters. The van der Waals surface area contributed by atoms with Crippen LogP contribution in [-0.2, 0) is 11.6 Å². The van der Waals surface area contributed by atoms with Crippen LogP contribution in [0.3, 0.4) is 0 Å². The first kappa shape index (κ1) is 18.2. The topological polar surface area (TPSA) is 80.2 Å². The van der Waals surface area contributed by atoms with E-state index in [0.717, 1.165) is 5.75 Å². The summed E-state index contributed by atoms with van der Waals surface area (Å²) in [6, 6.07) is 13.4. The summed E-state index contributed by atoms with van der Waals surface area (Å²) in [6.45, 7) is 0. The molecule has 0 aromatic heterocycles. The third-order valence-electron chi connectivity index (χ3n) is 3.13. The maximum atomic E-state index is 9.90. The highest BCUT2D eigenvalue weighted by Crippen LogP contribution is 2.31. The van der Waals surface area contributed by atoms with Gasteiger partial charge in [-0.25, -0.2) is 0 Å². The van der Waals surface area contributed by atoms with Crippen molar-refractivity contribution < 1.29 is 9.84 Å². The Bertz CT molecular complexity index is 711. The fraction of sp³-hybridized carbons (Fsp3) is 0.176. The molecule has 0 bridgehead atoms. The number of phenolic OH excluding ortho intramolecular Hbond substituents is 1. The van der Waals surface area contributed by atoms with Gasteiger partial charge in [0, 0.05) is 11.3 Å². The largest absolute Gasteiger partial charge is 0.504 e. The van der Waals surface area contributed by atoms with E-state index < -0.39 is 0 Å². The van der Waals surface area contributed by atoms with Crippen LogP contribution >= 0.6 is 23.4 Å². The molecular formula is C17H18ClN3O2S. The Hall–Kier alpha value is -2.18. The monoisotopic (exact) mass is 363 g/mol. The average molecular weight is 364 g/mol. The number of phenols is 1. The second-order valence-electron chi connectivity index (χ2n) is 4.82. The molecule has 2 aromatic rings. The molecule has 0 spiro atoms. The van der Waals surface area contributed by atoms with Crippen LogP contribution in [0.25, 0.3) is 0 Å². The summed E-state index contributed by atoms with van der Waals surface area (Å²) in [6.07, 6.45) is 1.54. The number of nitrogens with two attached hydrogens (primary N) is 1. The summed E-state index contributed by atoms with van der Waals surface area (Å²) in [5, 5.41) is 18.2. The SMILES string of the molecule is COc1cc(C=NN=C(N)SCc2ccccc2)cc(CCl)c1O. The van der Waals surface area contributed by atoms with Crippen molar-refractivity contribution >= 4 is 34.7 Å². The number of aromatic hydroxyl groups is 1. The van der Waals surface area contributed by atoms with E-state index in [1.807, 2.05) is 30.3 Å². The van der Waals surface area contributed by atoms with Gasteiger partial charge < -0.3 is 15.6 Å². The van der Waals surface area contributed by atoms with Gasteiger partial charge in [-0.2, -0.15) is 5.10 Å². The lowest BCUT2D eigenvalue weighted by molar-refractivity contribution is 0.371. The van der Waals surface area contributed by atoms with E-state index in [4.69, 9.17) is 22.1 Å². The summed E-state index contributed by atoms with van der Waals surface area (Å²) in [7, 11) is 1.48. The lowest BCUT2D eigenvalue weighted by atomic mass is 10.1. The highest BCUT2D eigenvalue weighted by atomic mass is 35.5. The molecule has 3 N–H and O–H groups in total. The molecule has 0 radical (unpaired) electrons. The third kappa shape index (κ3) is 5.18. The number of alkyl halides is 1. The van der Waals surface area contributed by atoms with Crippen molar-refractivity contribution in [3.63, 3.8) is 0 Å². The van der Waals surface area contributed by atoms with Crippen LogP contribution in [0, 0.1) is 0 Å². The minimum absolute atomic E-state index is 0.0334. The van der Waals surface area contributed by atoms with E-state index in [2.05, 4.69) is 10.2 Å². The number of rotatable bonds is 6. The number of halogens is 1. The zero-order chi connectivity index (χ0) is 17.4. The van der Waals surface area contributed by atoms with E-state index in [1.165, 1.54) is 30.6 Å². The molecule has 0 aliphatic rings. The predicted molar refractivity (Wildman–Crippen MR) is 101 cm³/mol. The van der Waals surface area contributed by atoms with Gasteiger partial charge >= 0.3 is 0 Å². The molecule has 0 amide bonds. The van der Waals surface area contributed by atoms with Gasteiger partial charge in [-0.3, -0.25) is 0 Å². The Morgan fingerprint density at radius 1 is 1.33 bits per heavy atom. The van der Waals surface area contributed by atoms with Crippen LogP contribution in [0.15, 0.2) is 52.7 Å². The summed E-state index contributed by atoms with van der Waals surface area (Å²) in [5.41, 5.74) is 8.28. The normalized spacial score (nSPS) is 11.8. The number of ether oxygens (including phenoxy) is 1. The summed E-state index contributed by atoms with van der Waals surface area (Å²) >= 11 is 7.22. The summed E-state index contributed by atoms with van der Waals surface area (Å²) in [5.74, 6) is 1.27. The van der Waals surface area contributed by atoms with E-state index in [1.54, 1.807) is 12.1 Å². The molecule has 0 saturated heterocycles. The van der Waals surface area contributed by atoms with Gasteiger partial charge in [0.15, 0.2) is 16.7 Å². The first-order valence-corrected chi connectivity index (χ1v) is 8.65. The highest BCUT2D eigenvalue weighted by molar-refractivity contribution is 8.13. The van der Waals surface area contributed by atoms with Crippen molar-refractivity contribution in [1.82, 2.24) is 0 Å². The Kier molecular flexibility index (Phi) is 6.96. The van der Waals surface area contributed by atoms with Crippen molar-refractivity contribution in [3.05, 3.63) is 59.2 Å². The second kappa shape index (κ2) is 9.20. The molecule has 24 heavy (non-hydrogen) atoms. The van der Waals surface area contributed by atoms with Crippen molar-refractivity contribution in [3.8, 4) is 11.5 Å². The molecule has 0 fully saturated rings. The second-order valence-corrected chi connectivity index (χ2v) is 6.08. The number of amidine groups is 1. The number of benzene rings is 2. The van der Waals surface area contributed by atoms with Crippen molar-refractivity contribution in [2.45, 2.75) is 11.6 Å². The van der Waals surface area contributed by atoms with Gasteiger partial charge in [0.1, 0.15) is 0 Å². The first-order valence-electron chi connectivity index (χ1n) is 7.13. The quantitative estimate of drug-likeness (QED) is 0.355. The highest BCUT2D eigenvalue weighted by Gasteiger charge is 2.08. The van der Waals surface area contributed by atoms with Crippen molar-refractivity contribution in [2.75, 3.05) is 7.11 Å². The number of thioether (sulfide) groups is 1. The van der Waals surface area contributed by atoms with Gasteiger partial charge in [0.2, 0.25) is 0 Å². The van der Waals surface area contributed by atoms with E-state index in [-0.39, 0.29) is 11.6 Å². The van der Waals surface area contributed by atoms with Crippen LogP contribution < -0.4 is 10.5 Å². The molecule has 2 aromatic carbocycles. The molecule has 0 aliphatic carbocycles. The number of methoxy groups -OCH3 is 1. The zero-order valence-electron chi connectivity index (χ0n) is 13.1. The molecule has 2 rings (SSSR count). The van der Waals surface area contributed by atoms with E-state index in [9.17, 15) is 5.11 Å². The molecule has 5 nitrogen and oxygen atoms in total. The van der Waals surface area contributed by atoms with Crippen molar-refractivity contribution in [1.29, 1.82) is 0 Å². The van der Waals surface area contributed by atoms with Crippen LogP contribution in [0.4, 0.5) is 0 Å². The van der Waals surface area contributed by atoms with Gasteiger partial charge in [-0.15, -0.1) is 16.7 Å². The van der Waals surface area contributed by atoms with Gasteiger partial charge in [-0.05, 0) is 23.3 Å². The van der Waals surface area contributed by atoms with E-state index in [0.29, 0.717) is 22.0 Å². The van der Waals surface area contributed by atoms with Gasteiger partial charge in [0.05, 0.1) is 19.2 Å². The zero-order valence-corrected chi connectivity index (χ0v) is 14.7. The molecule has 0 aliphatic heterocycles. The smallest absolute Gasteiger partial charge is 0.180 e. The Balaban J connectivity index is 2.02. The standard InChI is InChI=1S/C17H18ClN3O2S/c1-23-15-8-13(7-14(9-18)16(15)22)10-20-21-17(19)24-11-12-5-3-2-4-6-12/h2-8,10,22H,9,11H2,1H3,(H2,19,21). The summed E-state index contributed by atoms with van der Waals surface area (Å²) < 4.78 is 5.11. The lowest BCUT2D eigenvalue weighted by Crippen LogP contribution is -2.06. The molecule has 0 unspecified atom stereocenters. The molecule has 7 heteroatoms. The average Bonchev–Trinajstić information content (AvgIpc) is 2.62. The molecule has 0 saturated carbocycles. The predicted octanol–water partition coefficient (Wildman–Crippen LogP) is 3.72. The Morgan fingerprint density at radius 2 is 2.08 bits per heavy atom. The molecule has 0 heterocycles. The molecule has 126 valence electrons. The summed E-state index contributed by atoms with van der Waals surface area (Å²) in [4.78, 5) is 0. The first-order chi connectivity index (χ1) is 11.6. The fourth-order valence-electron chi connectivity index (χ4n) is 1.93. The van der Waals surface area contributed by atoms with Gasteiger partial charge in [-0.1, -0.05) is 42.1 Å². The number of nitrogens with zero attached hydrogens (tertiary/aromatic N) is 2. The van der Waals surface area contributed by atoms with Gasteiger partial charge in [0.25, 0.3) is 0 Å². The third-order valence-corrected chi connectivity index (χ3v) is 4.28. The van der Waals surface area contributed by atoms with E-state index >= 15 is 0 Å². The fourth-order valence-corrected chi connectivity index (χ4v) is 2.75. The van der Waals surface area contributed by atoms with Crippen LogP contribution in [0.2, 0.25) is 0 Å². The number of hydrogen-bond acceptors (Lipinski definition) is 5. The minimum atomic E-state index is 0.0334. The van der Waals surface area contributed by atoms with Crippen LogP contribution in [0.5, 0.6) is 11.5 Å². The Labute approximate surface area is 150 Å². The van der Waals surface area contributed by atoms with Crippen LogP contribution in [0.1, 0.15) is 16.7 Å². The van der Waals surface area contributed by atoms with Crippen LogP contribution in [-0.4, -0.2) is 23.6 Å². The minimum Gasteiger partial charge on any atom is -0.504 e. The Morgan fingerprint density at radius 3 is 2.75 bits per heavy atom. The lowest BCUT2D eigenvalue weighted by Gasteiger charge is -2.08.